The SMILES string of the molecule is CN=C(NCc1ccsc1)N1CCOC(c2cnn(C)c2)C1.I. The van der Waals surface area contributed by atoms with Gasteiger partial charge in [0.2, 0.25) is 0 Å². The van der Waals surface area contributed by atoms with E-state index in [-0.39, 0.29) is 30.1 Å². The molecule has 1 atom stereocenters. The van der Waals surface area contributed by atoms with Gasteiger partial charge in [0, 0.05) is 38.9 Å². The Morgan fingerprint density at radius 3 is 3.09 bits per heavy atom. The highest BCUT2D eigenvalue weighted by atomic mass is 127. The molecular formula is C15H22IN5OS. The van der Waals surface area contributed by atoms with Crippen LogP contribution in [0.5, 0.6) is 0 Å². The standard InChI is InChI=1S/C15H21N5OS.HI/c1-16-15(17-7-12-3-6-22-11-12)20-4-5-21-14(10-20)13-8-18-19(2)9-13;/h3,6,8-9,11,14H,4-5,7,10H2,1-2H3,(H,16,17);1H. The molecule has 0 bridgehead atoms. The first-order valence-electron chi connectivity index (χ1n) is 7.33. The molecule has 23 heavy (non-hydrogen) atoms. The van der Waals surface area contributed by atoms with Crippen LogP contribution in [0.2, 0.25) is 0 Å². The summed E-state index contributed by atoms with van der Waals surface area (Å²) in [4.78, 5) is 6.65. The molecule has 1 aliphatic rings. The summed E-state index contributed by atoms with van der Waals surface area (Å²) in [6.45, 7) is 3.12. The molecule has 6 nitrogen and oxygen atoms in total. The highest BCUT2D eigenvalue weighted by Crippen LogP contribution is 2.21. The van der Waals surface area contributed by atoms with E-state index in [2.05, 4.69) is 37.1 Å². The number of aryl methyl sites for hydroxylation is 1. The number of nitrogens with one attached hydrogen (secondary N) is 1. The van der Waals surface area contributed by atoms with Gasteiger partial charge in [-0.1, -0.05) is 0 Å². The van der Waals surface area contributed by atoms with Crippen LogP contribution in [0, 0.1) is 0 Å². The summed E-state index contributed by atoms with van der Waals surface area (Å²) in [6, 6.07) is 2.13. The van der Waals surface area contributed by atoms with Crippen LogP contribution in [0.4, 0.5) is 0 Å². The van der Waals surface area contributed by atoms with Gasteiger partial charge in [-0.05, 0) is 22.4 Å². The molecule has 0 amide bonds. The van der Waals surface area contributed by atoms with Crippen LogP contribution in [0.15, 0.2) is 34.2 Å². The highest BCUT2D eigenvalue weighted by Gasteiger charge is 2.25. The van der Waals surface area contributed by atoms with Crippen molar-refractivity contribution in [1.82, 2.24) is 20.0 Å². The van der Waals surface area contributed by atoms with Crippen LogP contribution < -0.4 is 5.32 Å². The van der Waals surface area contributed by atoms with Crippen molar-refractivity contribution < 1.29 is 4.74 Å². The first-order chi connectivity index (χ1) is 10.8. The third kappa shape index (κ3) is 4.67. The number of morpholine rings is 1. The van der Waals surface area contributed by atoms with Gasteiger partial charge in [-0.15, -0.1) is 24.0 Å². The van der Waals surface area contributed by atoms with Crippen LogP contribution in [0.3, 0.4) is 0 Å². The van der Waals surface area contributed by atoms with E-state index in [9.17, 15) is 0 Å². The van der Waals surface area contributed by atoms with Crippen LogP contribution >= 0.6 is 35.3 Å². The maximum atomic E-state index is 5.88. The first-order valence-corrected chi connectivity index (χ1v) is 8.27. The lowest BCUT2D eigenvalue weighted by Gasteiger charge is -2.34. The molecule has 1 saturated heterocycles. The summed E-state index contributed by atoms with van der Waals surface area (Å²) < 4.78 is 7.68. The van der Waals surface area contributed by atoms with Gasteiger partial charge in [-0.25, -0.2) is 0 Å². The van der Waals surface area contributed by atoms with Gasteiger partial charge in [0.25, 0.3) is 0 Å². The maximum absolute atomic E-state index is 5.88. The number of halogens is 1. The lowest BCUT2D eigenvalue weighted by molar-refractivity contribution is -0.00805. The summed E-state index contributed by atoms with van der Waals surface area (Å²) in [5, 5.41) is 11.9. The Morgan fingerprint density at radius 1 is 1.57 bits per heavy atom. The molecule has 2 aromatic rings. The number of hydrogen-bond acceptors (Lipinski definition) is 4. The summed E-state index contributed by atoms with van der Waals surface area (Å²) in [7, 11) is 3.75. The minimum atomic E-state index is 0. The zero-order valence-corrected chi connectivity index (χ0v) is 16.5. The maximum Gasteiger partial charge on any atom is 0.194 e. The normalized spacial score (nSPS) is 18.6. The Morgan fingerprint density at radius 2 is 2.43 bits per heavy atom. The number of hydrogen-bond donors (Lipinski definition) is 1. The van der Waals surface area contributed by atoms with Crippen molar-refractivity contribution in [2.75, 3.05) is 26.7 Å². The molecule has 1 aliphatic heterocycles. The molecule has 0 spiro atoms. The largest absolute Gasteiger partial charge is 0.370 e. The Labute approximate surface area is 157 Å². The van der Waals surface area contributed by atoms with Crippen LogP contribution in [0.1, 0.15) is 17.2 Å². The minimum Gasteiger partial charge on any atom is -0.370 e. The van der Waals surface area contributed by atoms with E-state index in [1.54, 1.807) is 16.0 Å². The molecule has 0 aromatic carbocycles. The molecule has 0 aliphatic carbocycles. The second kappa shape index (κ2) is 8.65. The second-order valence-electron chi connectivity index (χ2n) is 5.29. The molecule has 0 radical (unpaired) electrons. The minimum absolute atomic E-state index is 0. The fraction of sp³-hybridized carbons (Fsp3) is 0.467. The molecule has 8 heteroatoms. The monoisotopic (exact) mass is 447 g/mol. The number of thiophene rings is 1. The summed E-state index contributed by atoms with van der Waals surface area (Å²) in [5.41, 5.74) is 2.39. The van der Waals surface area contributed by atoms with Gasteiger partial charge in [-0.3, -0.25) is 9.67 Å². The van der Waals surface area contributed by atoms with E-state index in [4.69, 9.17) is 4.74 Å². The average Bonchev–Trinajstić information content (AvgIpc) is 3.20. The van der Waals surface area contributed by atoms with Gasteiger partial charge in [0.1, 0.15) is 6.10 Å². The van der Waals surface area contributed by atoms with Crippen LogP contribution in [0.25, 0.3) is 0 Å². The van der Waals surface area contributed by atoms with Gasteiger partial charge >= 0.3 is 0 Å². The number of nitrogens with zero attached hydrogens (tertiary/aromatic N) is 4. The van der Waals surface area contributed by atoms with E-state index < -0.39 is 0 Å². The number of ether oxygens (including phenoxy) is 1. The Kier molecular flexibility index (Phi) is 6.85. The van der Waals surface area contributed by atoms with Gasteiger partial charge < -0.3 is 15.0 Å². The number of guanidine groups is 1. The molecule has 1 fully saturated rings. The molecule has 1 N–H and O–H groups in total. The topological polar surface area (TPSA) is 54.7 Å². The van der Waals surface area contributed by atoms with Crippen molar-refractivity contribution in [3.05, 3.63) is 40.3 Å². The molecule has 3 heterocycles. The second-order valence-corrected chi connectivity index (χ2v) is 6.07. The zero-order chi connectivity index (χ0) is 15.4. The van der Waals surface area contributed by atoms with Crippen LogP contribution in [-0.4, -0.2) is 47.4 Å². The molecular weight excluding hydrogens is 425 g/mol. The number of aliphatic imine (C=N–C) groups is 1. The van der Waals surface area contributed by atoms with Crippen molar-refractivity contribution in [2.45, 2.75) is 12.6 Å². The molecule has 126 valence electrons. The third-order valence-electron chi connectivity index (χ3n) is 3.71. The van der Waals surface area contributed by atoms with Crippen molar-refractivity contribution >= 4 is 41.3 Å². The predicted molar refractivity (Wildman–Crippen MR) is 103 cm³/mol. The molecule has 2 aromatic heterocycles. The molecule has 0 saturated carbocycles. The fourth-order valence-electron chi connectivity index (χ4n) is 2.56. The number of aromatic nitrogens is 2. The van der Waals surface area contributed by atoms with E-state index in [1.807, 2.05) is 26.5 Å². The van der Waals surface area contributed by atoms with E-state index in [0.717, 1.165) is 31.2 Å². The number of rotatable bonds is 3. The van der Waals surface area contributed by atoms with Crippen LogP contribution in [-0.2, 0) is 18.3 Å². The van der Waals surface area contributed by atoms with Crippen molar-refractivity contribution in [2.24, 2.45) is 12.0 Å². The third-order valence-corrected chi connectivity index (χ3v) is 4.44. The fourth-order valence-corrected chi connectivity index (χ4v) is 3.22. The van der Waals surface area contributed by atoms with Crippen molar-refractivity contribution in [1.29, 1.82) is 0 Å². The quantitative estimate of drug-likeness (QED) is 0.446. The average molecular weight is 447 g/mol. The molecule has 3 rings (SSSR count). The first kappa shape index (κ1) is 18.2. The van der Waals surface area contributed by atoms with E-state index >= 15 is 0 Å². The Bertz CT molecular complexity index is 628. The predicted octanol–water partition coefficient (Wildman–Crippen LogP) is 2.25. The highest BCUT2D eigenvalue weighted by molar-refractivity contribution is 14.0. The Balaban J connectivity index is 0.00000192. The van der Waals surface area contributed by atoms with Crippen molar-refractivity contribution in [3.63, 3.8) is 0 Å². The molecule has 1 unspecified atom stereocenters. The van der Waals surface area contributed by atoms with E-state index in [0.29, 0.717) is 6.61 Å². The lowest BCUT2D eigenvalue weighted by atomic mass is 10.1. The smallest absolute Gasteiger partial charge is 0.194 e. The zero-order valence-electron chi connectivity index (χ0n) is 13.3. The summed E-state index contributed by atoms with van der Waals surface area (Å²) in [5.74, 6) is 0.920. The van der Waals surface area contributed by atoms with Gasteiger partial charge in [0.05, 0.1) is 19.3 Å². The Hall–Kier alpha value is -1.13. The van der Waals surface area contributed by atoms with Gasteiger partial charge in [-0.2, -0.15) is 16.4 Å². The van der Waals surface area contributed by atoms with Crippen molar-refractivity contribution in [3.8, 4) is 0 Å². The summed E-state index contributed by atoms with van der Waals surface area (Å²) >= 11 is 1.71. The summed E-state index contributed by atoms with van der Waals surface area (Å²) in [6.07, 6.45) is 3.92. The lowest BCUT2D eigenvalue weighted by Crippen LogP contribution is -2.47. The van der Waals surface area contributed by atoms with E-state index in [1.165, 1.54) is 5.56 Å². The van der Waals surface area contributed by atoms with Gasteiger partial charge in [0.15, 0.2) is 5.96 Å².